The molecule has 1 saturated carbocycles. The highest BCUT2D eigenvalue weighted by Gasteiger charge is 2.31. The third-order valence-corrected chi connectivity index (χ3v) is 4.08. The number of anilines is 1. The summed E-state index contributed by atoms with van der Waals surface area (Å²) in [6.07, 6.45) is 6.37. The van der Waals surface area contributed by atoms with Crippen molar-refractivity contribution in [3.63, 3.8) is 0 Å². The van der Waals surface area contributed by atoms with Gasteiger partial charge in [-0.05, 0) is 32.1 Å². The van der Waals surface area contributed by atoms with Gasteiger partial charge in [-0.3, -0.25) is 9.48 Å². The Morgan fingerprint density at radius 3 is 2.95 bits per heavy atom. The molecule has 1 N–H and O–H groups in total. The van der Waals surface area contributed by atoms with E-state index < -0.39 is 0 Å². The Hall–Kier alpha value is -2.11. The zero-order chi connectivity index (χ0) is 15.7. The second kappa shape index (κ2) is 5.94. The van der Waals surface area contributed by atoms with Gasteiger partial charge in [0.2, 0.25) is 0 Å². The summed E-state index contributed by atoms with van der Waals surface area (Å²) in [4.78, 5) is 12.4. The minimum atomic E-state index is -0.172. The molecule has 6 nitrogen and oxygen atoms in total. The molecule has 2 aromatic rings. The number of nitrogens with one attached hydrogen (secondary N) is 1. The SMILES string of the molecule is Cc1c(NC(=O)c2conc2C2CC2)cnn1CCC(C)C. The summed E-state index contributed by atoms with van der Waals surface area (Å²) in [6.45, 7) is 7.21. The molecule has 22 heavy (non-hydrogen) atoms. The van der Waals surface area contributed by atoms with Crippen molar-refractivity contribution in [1.82, 2.24) is 14.9 Å². The molecule has 0 aliphatic heterocycles. The van der Waals surface area contributed by atoms with Crippen molar-refractivity contribution in [2.24, 2.45) is 5.92 Å². The van der Waals surface area contributed by atoms with Crippen LogP contribution in [-0.2, 0) is 6.54 Å². The molecule has 0 spiro atoms. The zero-order valence-corrected chi connectivity index (χ0v) is 13.3. The maximum Gasteiger partial charge on any atom is 0.261 e. The van der Waals surface area contributed by atoms with E-state index in [1.54, 1.807) is 6.20 Å². The van der Waals surface area contributed by atoms with Gasteiger partial charge in [-0.1, -0.05) is 19.0 Å². The van der Waals surface area contributed by atoms with E-state index in [0.29, 0.717) is 17.4 Å². The maximum atomic E-state index is 12.4. The molecule has 118 valence electrons. The normalized spacial score (nSPS) is 14.5. The van der Waals surface area contributed by atoms with Crippen LogP contribution in [0.3, 0.4) is 0 Å². The second-order valence-corrected chi connectivity index (χ2v) is 6.39. The Kier molecular flexibility index (Phi) is 4.00. The summed E-state index contributed by atoms with van der Waals surface area (Å²) < 4.78 is 6.91. The summed E-state index contributed by atoms with van der Waals surface area (Å²) in [5.41, 5.74) is 3.04. The van der Waals surface area contributed by atoms with E-state index in [0.717, 1.165) is 42.9 Å². The van der Waals surface area contributed by atoms with Crippen LogP contribution in [0, 0.1) is 12.8 Å². The van der Waals surface area contributed by atoms with E-state index in [1.165, 1.54) is 6.26 Å². The highest BCUT2D eigenvalue weighted by molar-refractivity contribution is 6.05. The fraction of sp³-hybridized carbons (Fsp3) is 0.562. The third kappa shape index (κ3) is 3.05. The van der Waals surface area contributed by atoms with Crippen molar-refractivity contribution in [3.05, 3.63) is 29.4 Å². The molecule has 0 bridgehead atoms. The number of aryl methyl sites for hydroxylation is 1. The minimum absolute atomic E-state index is 0.172. The van der Waals surface area contributed by atoms with E-state index in [-0.39, 0.29) is 5.91 Å². The number of rotatable bonds is 6. The van der Waals surface area contributed by atoms with Crippen molar-refractivity contribution < 1.29 is 9.32 Å². The third-order valence-electron chi connectivity index (χ3n) is 4.08. The molecule has 2 aromatic heterocycles. The lowest BCUT2D eigenvalue weighted by molar-refractivity contribution is 0.102. The Morgan fingerprint density at radius 1 is 1.50 bits per heavy atom. The van der Waals surface area contributed by atoms with Crippen molar-refractivity contribution in [2.45, 2.75) is 52.5 Å². The fourth-order valence-corrected chi connectivity index (χ4v) is 2.43. The monoisotopic (exact) mass is 302 g/mol. The smallest absolute Gasteiger partial charge is 0.261 e. The summed E-state index contributed by atoms with van der Waals surface area (Å²) in [5.74, 6) is 0.837. The summed E-state index contributed by atoms with van der Waals surface area (Å²) in [7, 11) is 0. The maximum absolute atomic E-state index is 12.4. The molecule has 1 amide bonds. The van der Waals surface area contributed by atoms with E-state index in [4.69, 9.17) is 4.52 Å². The Bertz CT molecular complexity index is 667. The second-order valence-electron chi connectivity index (χ2n) is 6.39. The van der Waals surface area contributed by atoms with Gasteiger partial charge in [0.15, 0.2) is 0 Å². The number of nitrogens with zero attached hydrogens (tertiary/aromatic N) is 3. The summed E-state index contributed by atoms with van der Waals surface area (Å²) in [6, 6.07) is 0. The fourth-order valence-electron chi connectivity index (χ4n) is 2.43. The van der Waals surface area contributed by atoms with Crippen molar-refractivity contribution in [3.8, 4) is 0 Å². The van der Waals surface area contributed by atoms with Gasteiger partial charge in [0.1, 0.15) is 11.8 Å². The first-order valence-corrected chi connectivity index (χ1v) is 7.84. The molecule has 3 rings (SSSR count). The first kappa shape index (κ1) is 14.8. The Balaban J connectivity index is 1.70. The van der Waals surface area contributed by atoms with Gasteiger partial charge in [-0.25, -0.2) is 0 Å². The van der Waals surface area contributed by atoms with E-state index in [9.17, 15) is 4.79 Å². The topological polar surface area (TPSA) is 73.0 Å². The van der Waals surface area contributed by atoms with E-state index in [1.807, 2.05) is 11.6 Å². The van der Waals surface area contributed by atoms with Crippen LogP contribution in [-0.4, -0.2) is 20.8 Å². The van der Waals surface area contributed by atoms with Gasteiger partial charge in [0.05, 0.1) is 23.3 Å². The van der Waals surface area contributed by atoms with Crippen LogP contribution in [0.15, 0.2) is 17.0 Å². The van der Waals surface area contributed by atoms with Crippen LogP contribution in [0.2, 0.25) is 0 Å². The predicted molar refractivity (Wildman–Crippen MR) is 82.9 cm³/mol. The molecule has 0 atom stereocenters. The molecule has 0 unspecified atom stereocenters. The highest BCUT2D eigenvalue weighted by atomic mass is 16.5. The minimum Gasteiger partial charge on any atom is -0.364 e. The zero-order valence-electron chi connectivity index (χ0n) is 13.3. The van der Waals surface area contributed by atoms with E-state index >= 15 is 0 Å². The summed E-state index contributed by atoms with van der Waals surface area (Å²) in [5, 5.41) is 11.2. The highest BCUT2D eigenvalue weighted by Crippen LogP contribution is 2.40. The Morgan fingerprint density at radius 2 is 2.27 bits per heavy atom. The first-order valence-electron chi connectivity index (χ1n) is 7.84. The number of hydrogen-bond acceptors (Lipinski definition) is 4. The number of amides is 1. The van der Waals surface area contributed by atoms with Gasteiger partial charge in [0.25, 0.3) is 5.91 Å². The quantitative estimate of drug-likeness (QED) is 0.888. The lowest BCUT2D eigenvalue weighted by Gasteiger charge is -2.08. The van der Waals surface area contributed by atoms with Crippen LogP contribution >= 0.6 is 0 Å². The molecule has 6 heteroatoms. The van der Waals surface area contributed by atoms with Gasteiger partial charge >= 0.3 is 0 Å². The number of aromatic nitrogens is 3. The molecule has 0 radical (unpaired) electrons. The van der Waals surface area contributed by atoms with Gasteiger partial charge in [0, 0.05) is 12.5 Å². The lowest BCUT2D eigenvalue weighted by Crippen LogP contribution is -2.14. The Labute approximate surface area is 129 Å². The number of hydrogen-bond donors (Lipinski definition) is 1. The van der Waals surface area contributed by atoms with Crippen LogP contribution in [0.5, 0.6) is 0 Å². The number of carbonyl (C=O) groups excluding carboxylic acids is 1. The molecular weight excluding hydrogens is 280 g/mol. The average Bonchev–Trinajstić information content (AvgIpc) is 3.11. The van der Waals surface area contributed by atoms with Crippen LogP contribution in [0.4, 0.5) is 5.69 Å². The van der Waals surface area contributed by atoms with Crippen LogP contribution < -0.4 is 5.32 Å². The van der Waals surface area contributed by atoms with E-state index in [2.05, 4.69) is 29.4 Å². The van der Waals surface area contributed by atoms with Crippen LogP contribution in [0.25, 0.3) is 0 Å². The van der Waals surface area contributed by atoms with Gasteiger partial charge in [-0.2, -0.15) is 5.10 Å². The van der Waals surface area contributed by atoms with Gasteiger partial charge in [-0.15, -0.1) is 0 Å². The standard InChI is InChI=1S/C16H22N4O2/c1-10(2)6-7-20-11(3)14(8-17-20)18-16(21)13-9-22-19-15(13)12-4-5-12/h8-10,12H,4-7H2,1-3H3,(H,18,21). The predicted octanol–water partition coefficient (Wildman–Crippen LogP) is 3.36. The molecule has 1 fully saturated rings. The van der Waals surface area contributed by atoms with Gasteiger partial charge < -0.3 is 9.84 Å². The average molecular weight is 302 g/mol. The molecule has 2 heterocycles. The molecule has 0 saturated heterocycles. The number of carbonyl (C=O) groups is 1. The van der Waals surface area contributed by atoms with Crippen molar-refractivity contribution in [2.75, 3.05) is 5.32 Å². The molecule has 1 aliphatic rings. The largest absolute Gasteiger partial charge is 0.364 e. The summed E-state index contributed by atoms with van der Waals surface area (Å²) >= 11 is 0. The van der Waals surface area contributed by atoms with Crippen molar-refractivity contribution >= 4 is 11.6 Å². The molecule has 1 aliphatic carbocycles. The molecule has 0 aromatic carbocycles. The lowest BCUT2D eigenvalue weighted by atomic mass is 10.1. The first-order chi connectivity index (χ1) is 10.6. The molecular formula is C16H22N4O2. The van der Waals surface area contributed by atoms with Crippen molar-refractivity contribution in [1.29, 1.82) is 0 Å². The van der Waals surface area contributed by atoms with Crippen LogP contribution in [0.1, 0.15) is 60.8 Å².